The van der Waals surface area contributed by atoms with Gasteiger partial charge in [-0.3, -0.25) is 9.69 Å². The predicted octanol–water partition coefficient (Wildman–Crippen LogP) is 0.823. The van der Waals surface area contributed by atoms with Crippen molar-refractivity contribution in [1.82, 2.24) is 19.9 Å². The maximum atomic E-state index is 11.7. The fourth-order valence-corrected chi connectivity index (χ4v) is 3.05. The molecule has 3 rings (SSSR count). The van der Waals surface area contributed by atoms with Crippen LogP contribution in [0.2, 0.25) is 0 Å². The molecule has 22 heavy (non-hydrogen) atoms. The van der Waals surface area contributed by atoms with Gasteiger partial charge in [0, 0.05) is 26.2 Å². The summed E-state index contributed by atoms with van der Waals surface area (Å²) < 4.78 is 5.27. The van der Waals surface area contributed by atoms with E-state index in [0.717, 1.165) is 18.0 Å². The second-order valence-electron chi connectivity index (χ2n) is 5.27. The lowest BCUT2D eigenvalue weighted by molar-refractivity contribution is -0.141. The van der Waals surface area contributed by atoms with Gasteiger partial charge in [0.25, 0.3) is 11.8 Å². The Morgan fingerprint density at radius 1 is 1.45 bits per heavy atom. The zero-order chi connectivity index (χ0) is 15.5. The van der Waals surface area contributed by atoms with E-state index in [1.54, 1.807) is 16.2 Å². The number of amides is 1. The van der Waals surface area contributed by atoms with Crippen molar-refractivity contribution in [3.05, 3.63) is 23.3 Å². The SMILES string of the molecule is CC(O)C(=O)N1CCN(Cc2noc(-c3cccs3)n2)CC1. The number of aliphatic hydroxyl groups excluding tert-OH is 1. The first-order valence-electron chi connectivity index (χ1n) is 7.19. The molecular formula is C14H18N4O3S. The summed E-state index contributed by atoms with van der Waals surface area (Å²) >= 11 is 1.56. The normalized spacial score (nSPS) is 17.6. The van der Waals surface area contributed by atoms with Crippen LogP contribution >= 0.6 is 11.3 Å². The van der Waals surface area contributed by atoms with E-state index in [4.69, 9.17) is 4.52 Å². The van der Waals surface area contributed by atoms with Gasteiger partial charge in [0.1, 0.15) is 6.10 Å². The van der Waals surface area contributed by atoms with Crippen molar-refractivity contribution in [3.8, 4) is 10.8 Å². The van der Waals surface area contributed by atoms with Crippen LogP contribution in [-0.4, -0.2) is 63.2 Å². The first kappa shape index (κ1) is 15.1. The summed E-state index contributed by atoms with van der Waals surface area (Å²) in [5, 5.41) is 15.3. The molecule has 1 N–H and O–H groups in total. The minimum absolute atomic E-state index is 0.209. The highest BCUT2D eigenvalue weighted by atomic mass is 32.1. The molecule has 7 nitrogen and oxygen atoms in total. The third kappa shape index (κ3) is 3.34. The minimum atomic E-state index is -0.933. The van der Waals surface area contributed by atoms with Gasteiger partial charge in [0.05, 0.1) is 11.4 Å². The Bertz CT molecular complexity index is 618. The lowest BCUT2D eigenvalue weighted by Crippen LogP contribution is -2.50. The number of aromatic nitrogens is 2. The number of aliphatic hydroxyl groups is 1. The summed E-state index contributed by atoms with van der Waals surface area (Å²) in [6, 6.07) is 3.89. The van der Waals surface area contributed by atoms with Crippen molar-refractivity contribution in [3.63, 3.8) is 0 Å². The lowest BCUT2D eigenvalue weighted by atomic mass is 10.2. The van der Waals surface area contributed by atoms with E-state index in [1.807, 2.05) is 17.5 Å². The molecule has 0 aliphatic carbocycles. The van der Waals surface area contributed by atoms with Crippen molar-refractivity contribution in [2.24, 2.45) is 0 Å². The lowest BCUT2D eigenvalue weighted by Gasteiger charge is -2.34. The highest BCUT2D eigenvalue weighted by Crippen LogP contribution is 2.22. The fraction of sp³-hybridized carbons (Fsp3) is 0.500. The van der Waals surface area contributed by atoms with E-state index in [1.165, 1.54) is 6.92 Å². The molecule has 0 bridgehead atoms. The summed E-state index contributed by atoms with van der Waals surface area (Å²) in [6.45, 7) is 4.80. The van der Waals surface area contributed by atoms with E-state index < -0.39 is 6.10 Å². The first-order chi connectivity index (χ1) is 10.6. The van der Waals surface area contributed by atoms with Crippen LogP contribution in [0.15, 0.2) is 22.0 Å². The molecule has 1 aliphatic heterocycles. The largest absolute Gasteiger partial charge is 0.384 e. The second kappa shape index (κ2) is 6.55. The molecule has 1 aliphatic rings. The van der Waals surface area contributed by atoms with Crippen molar-refractivity contribution in [1.29, 1.82) is 0 Å². The van der Waals surface area contributed by atoms with Gasteiger partial charge >= 0.3 is 0 Å². The Balaban J connectivity index is 1.54. The van der Waals surface area contributed by atoms with Crippen LogP contribution in [0.25, 0.3) is 10.8 Å². The predicted molar refractivity (Wildman–Crippen MR) is 81.1 cm³/mol. The molecule has 1 atom stereocenters. The molecule has 2 aromatic heterocycles. The average molecular weight is 322 g/mol. The van der Waals surface area contributed by atoms with Gasteiger partial charge in [0.2, 0.25) is 0 Å². The molecule has 2 aromatic rings. The Hall–Kier alpha value is -1.77. The molecule has 118 valence electrons. The number of piperazine rings is 1. The monoisotopic (exact) mass is 322 g/mol. The molecule has 3 heterocycles. The van der Waals surface area contributed by atoms with Gasteiger partial charge < -0.3 is 14.5 Å². The molecule has 0 saturated carbocycles. The van der Waals surface area contributed by atoms with Crippen LogP contribution in [0, 0.1) is 0 Å². The van der Waals surface area contributed by atoms with Gasteiger partial charge in [-0.05, 0) is 18.4 Å². The van der Waals surface area contributed by atoms with Crippen molar-refractivity contribution < 1.29 is 14.4 Å². The third-order valence-corrected chi connectivity index (χ3v) is 4.46. The summed E-state index contributed by atoms with van der Waals surface area (Å²) in [5.41, 5.74) is 0. The van der Waals surface area contributed by atoms with Gasteiger partial charge in [-0.25, -0.2) is 0 Å². The Kier molecular flexibility index (Phi) is 4.51. The highest BCUT2D eigenvalue weighted by Gasteiger charge is 2.24. The molecule has 1 unspecified atom stereocenters. The van der Waals surface area contributed by atoms with Crippen LogP contribution < -0.4 is 0 Å². The Labute approximate surface area is 132 Å². The van der Waals surface area contributed by atoms with Crippen molar-refractivity contribution >= 4 is 17.2 Å². The van der Waals surface area contributed by atoms with E-state index in [-0.39, 0.29) is 5.91 Å². The number of rotatable bonds is 4. The van der Waals surface area contributed by atoms with Crippen LogP contribution in [0.3, 0.4) is 0 Å². The maximum Gasteiger partial charge on any atom is 0.268 e. The van der Waals surface area contributed by atoms with Gasteiger partial charge in [-0.15, -0.1) is 11.3 Å². The average Bonchev–Trinajstić information content (AvgIpc) is 3.18. The van der Waals surface area contributed by atoms with Gasteiger partial charge in [-0.2, -0.15) is 4.98 Å². The second-order valence-corrected chi connectivity index (χ2v) is 6.22. The van der Waals surface area contributed by atoms with Gasteiger partial charge in [0.15, 0.2) is 5.82 Å². The number of thiophene rings is 1. The quantitative estimate of drug-likeness (QED) is 0.897. The number of carbonyl (C=O) groups excluding carboxylic acids is 1. The van der Waals surface area contributed by atoms with Gasteiger partial charge in [-0.1, -0.05) is 11.2 Å². The topological polar surface area (TPSA) is 82.7 Å². The smallest absolute Gasteiger partial charge is 0.268 e. The van der Waals surface area contributed by atoms with Crippen molar-refractivity contribution in [2.75, 3.05) is 26.2 Å². The standard InChI is InChI=1S/C14H18N4O3S/c1-10(19)14(20)18-6-4-17(5-7-18)9-12-15-13(21-16-12)11-3-2-8-22-11/h2-3,8,10,19H,4-7,9H2,1H3. The summed E-state index contributed by atoms with van der Waals surface area (Å²) in [5.74, 6) is 0.991. The molecule has 1 saturated heterocycles. The maximum absolute atomic E-state index is 11.7. The van der Waals surface area contributed by atoms with Crippen molar-refractivity contribution in [2.45, 2.75) is 19.6 Å². The highest BCUT2D eigenvalue weighted by molar-refractivity contribution is 7.13. The third-order valence-electron chi connectivity index (χ3n) is 3.61. The van der Waals surface area contributed by atoms with E-state index in [2.05, 4.69) is 15.0 Å². The van der Waals surface area contributed by atoms with E-state index in [9.17, 15) is 9.90 Å². The zero-order valence-corrected chi connectivity index (χ0v) is 13.1. The first-order valence-corrected chi connectivity index (χ1v) is 8.07. The Morgan fingerprint density at radius 3 is 2.86 bits per heavy atom. The van der Waals surface area contributed by atoms with Crippen LogP contribution in [0.5, 0.6) is 0 Å². The number of hydrogen-bond donors (Lipinski definition) is 1. The summed E-state index contributed by atoms with van der Waals surface area (Å²) in [7, 11) is 0. The molecule has 1 fully saturated rings. The molecule has 8 heteroatoms. The fourth-order valence-electron chi connectivity index (χ4n) is 2.41. The summed E-state index contributed by atoms with van der Waals surface area (Å²) in [6.07, 6.45) is -0.933. The van der Waals surface area contributed by atoms with E-state index >= 15 is 0 Å². The van der Waals surface area contributed by atoms with Crippen LogP contribution in [-0.2, 0) is 11.3 Å². The number of nitrogens with zero attached hydrogens (tertiary/aromatic N) is 4. The molecule has 1 amide bonds. The minimum Gasteiger partial charge on any atom is -0.384 e. The molecule has 0 aromatic carbocycles. The summed E-state index contributed by atoms with van der Waals surface area (Å²) in [4.78, 5) is 20.9. The zero-order valence-electron chi connectivity index (χ0n) is 12.3. The molecule has 0 spiro atoms. The van der Waals surface area contributed by atoms with Crippen LogP contribution in [0.1, 0.15) is 12.7 Å². The number of carbonyl (C=O) groups is 1. The van der Waals surface area contributed by atoms with E-state index in [0.29, 0.717) is 31.3 Å². The molecular weight excluding hydrogens is 304 g/mol. The van der Waals surface area contributed by atoms with Crippen LogP contribution in [0.4, 0.5) is 0 Å². The number of hydrogen-bond acceptors (Lipinski definition) is 7. The molecule has 0 radical (unpaired) electrons. The Morgan fingerprint density at radius 2 is 2.23 bits per heavy atom.